The maximum absolute atomic E-state index is 13.3. The number of carboxylic acids is 1. The molecular formula is C33H41N5O4. The van der Waals surface area contributed by atoms with Gasteiger partial charge >= 0.3 is 5.97 Å². The molecule has 4 rings (SSSR count). The molecule has 0 aliphatic carbocycles. The molecule has 2 amide bonds. The fourth-order valence-electron chi connectivity index (χ4n) is 5.47. The summed E-state index contributed by atoms with van der Waals surface area (Å²) in [5.41, 5.74) is 4.23. The van der Waals surface area contributed by atoms with Gasteiger partial charge in [-0.3, -0.25) is 9.59 Å². The number of pyridine rings is 1. The third kappa shape index (κ3) is 7.66. The van der Waals surface area contributed by atoms with Crippen LogP contribution in [0.3, 0.4) is 0 Å². The largest absolute Gasteiger partial charge is 0.480 e. The van der Waals surface area contributed by atoms with Crippen molar-refractivity contribution < 1.29 is 19.5 Å². The number of aliphatic carboxylic acids is 1. The molecule has 3 aromatic rings. The maximum Gasteiger partial charge on any atom is 0.326 e. The van der Waals surface area contributed by atoms with Crippen molar-refractivity contribution in [2.24, 2.45) is 5.92 Å². The van der Waals surface area contributed by atoms with Gasteiger partial charge in [0.2, 0.25) is 0 Å². The zero-order chi connectivity index (χ0) is 30.2. The number of benzene rings is 2. The molecule has 0 bridgehead atoms. The maximum atomic E-state index is 13.3. The first-order valence-corrected chi connectivity index (χ1v) is 14.5. The van der Waals surface area contributed by atoms with Crippen LogP contribution in [0.4, 0.5) is 11.5 Å². The molecule has 1 atom stereocenters. The highest BCUT2D eigenvalue weighted by Crippen LogP contribution is 2.25. The molecule has 3 N–H and O–H groups in total. The number of hydrogen-bond acceptors (Lipinski definition) is 6. The van der Waals surface area contributed by atoms with Crippen LogP contribution in [0.2, 0.25) is 0 Å². The summed E-state index contributed by atoms with van der Waals surface area (Å²) in [7, 11) is 3.36. The first kappa shape index (κ1) is 30.6. The van der Waals surface area contributed by atoms with Crippen molar-refractivity contribution in [2.75, 3.05) is 43.9 Å². The molecule has 9 nitrogen and oxygen atoms in total. The van der Waals surface area contributed by atoms with Crippen LogP contribution >= 0.6 is 0 Å². The van der Waals surface area contributed by atoms with Crippen molar-refractivity contribution in [1.29, 1.82) is 0 Å². The predicted molar refractivity (Wildman–Crippen MR) is 165 cm³/mol. The minimum absolute atomic E-state index is 0.145. The average Bonchev–Trinajstić information content (AvgIpc) is 2.99. The summed E-state index contributed by atoms with van der Waals surface area (Å²) < 4.78 is 0. The fraction of sp³-hybridized carbons (Fsp3) is 0.394. The van der Waals surface area contributed by atoms with Crippen LogP contribution < -0.4 is 15.5 Å². The molecule has 0 saturated carbocycles. The van der Waals surface area contributed by atoms with Gasteiger partial charge < -0.3 is 25.5 Å². The van der Waals surface area contributed by atoms with Crippen molar-refractivity contribution in [2.45, 2.75) is 45.6 Å². The van der Waals surface area contributed by atoms with Gasteiger partial charge in [-0.05, 0) is 85.2 Å². The number of rotatable bonds is 11. The van der Waals surface area contributed by atoms with Gasteiger partial charge in [-0.2, -0.15) is 0 Å². The Bertz CT molecular complexity index is 1380. The fourth-order valence-corrected chi connectivity index (χ4v) is 5.47. The smallest absolute Gasteiger partial charge is 0.326 e. The second-order valence-electron chi connectivity index (χ2n) is 11.1. The highest BCUT2D eigenvalue weighted by Gasteiger charge is 2.25. The van der Waals surface area contributed by atoms with Gasteiger partial charge in [0.1, 0.15) is 11.9 Å². The van der Waals surface area contributed by atoms with E-state index in [-0.39, 0.29) is 12.3 Å². The van der Waals surface area contributed by atoms with Crippen LogP contribution in [0.5, 0.6) is 0 Å². The summed E-state index contributed by atoms with van der Waals surface area (Å²) in [5.74, 6) is -0.194. The zero-order valence-corrected chi connectivity index (χ0v) is 24.9. The number of nitrogens with zero attached hydrogens (tertiary/aromatic N) is 3. The Morgan fingerprint density at radius 1 is 1.07 bits per heavy atom. The molecule has 9 heteroatoms. The van der Waals surface area contributed by atoms with E-state index in [2.05, 4.69) is 20.5 Å². The van der Waals surface area contributed by atoms with Crippen LogP contribution in [0, 0.1) is 12.8 Å². The molecule has 42 heavy (non-hydrogen) atoms. The SMILES string of the molecule is CCc1cc(C(=O)N(C)C)cc(C)c1C(=O)NC(Cc1ccc(N2CCC(CNc3ccccn3)CC2)cc1)C(=O)O. The average molecular weight is 572 g/mol. The summed E-state index contributed by atoms with van der Waals surface area (Å²) in [4.78, 5) is 46.1. The molecule has 0 radical (unpaired) electrons. The standard InChI is InChI=1S/C33H41N5O4/c1-5-25-20-26(32(40)37(3)4)18-22(2)30(25)31(39)36-28(33(41)42)19-23-9-11-27(12-10-23)38-16-13-24(14-17-38)21-35-29-8-6-7-15-34-29/h6-12,15,18,20,24,28H,5,13-14,16-17,19,21H2,1-4H3,(H,34,35)(H,36,39)(H,41,42). The topological polar surface area (TPSA) is 115 Å². The highest BCUT2D eigenvalue weighted by molar-refractivity contribution is 6.01. The molecule has 1 aliphatic rings. The minimum Gasteiger partial charge on any atom is -0.480 e. The number of hydrogen-bond donors (Lipinski definition) is 3. The molecule has 2 heterocycles. The Kier molecular flexibility index (Phi) is 10.2. The van der Waals surface area contributed by atoms with Crippen LogP contribution in [0.15, 0.2) is 60.8 Å². The number of amides is 2. The quantitative estimate of drug-likeness (QED) is 0.312. The van der Waals surface area contributed by atoms with Crippen molar-refractivity contribution in [3.8, 4) is 0 Å². The molecule has 2 aromatic carbocycles. The number of nitrogens with one attached hydrogen (secondary N) is 2. The molecule has 1 unspecified atom stereocenters. The van der Waals surface area contributed by atoms with E-state index >= 15 is 0 Å². The molecule has 222 valence electrons. The second kappa shape index (κ2) is 14.0. The Balaban J connectivity index is 1.35. The molecular weight excluding hydrogens is 530 g/mol. The van der Waals surface area contributed by atoms with Gasteiger partial charge in [0.05, 0.1) is 0 Å². The Labute approximate surface area is 247 Å². The van der Waals surface area contributed by atoms with Crippen LogP contribution in [0.1, 0.15) is 57.2 Å². The number of carbonyl (C=O) groups is 3. The summed E-state index contributed by atoms with van der Waals surface area (Å²) in [5, 5.41) is 16.1. The Morgan fingerprint density at radius 2 is 1.79 bits per heavy atom. The number of anilines is 2. The third-order valence-electron chi connectivity index (χ3n) is 7.87. The van der Waals surface area contributed by atoms with Crippen molar-refractivity contribution in [3.63, 3.8) is 0 Å². The van der Waals surface area contributed by atoms with E-state index in [0.29, 0.717) is 34.6 Å². The molecule has 1 aliphatic heterocycles. The Morgan fingerprint density at radius 3 is 2.38 bits per heavy atom. The van der Waals surface area contributed by atoms with E-state index in [9.17, 15) is 19.5 Å². The summed E-state index contributed by atoms with van der Waals surface area (Å²) in [6.45, 7) is 6.51. The lowest BCUT2D eigenvalue weighted by atomic mass is 9.95. The summed E-state index contributed by atoms with van der Waals surface area (Å²) >= 11 is 0. The predicted octanol–water partition coefficient (Wildman–Crippen LogP) is 4.41. The first-order chi connectivity index (χ1) is 20.2. The highest BCUT2D eigenvalue weighted by atomic mass is 16.4. The minimum atomic E-state index is -1.09. The third-order valence-corrected chi connectivity index (χ3v) is 7.87. The van der Waals surface area contributed by atoms with Crippen LogP contribution in [0.25, 0.3) is 0 Å². The van der Waals surface area contributed by atoms with E-state index < -0.39 is 17.9 Å². The van der Waals surface area contributed by atoms with Gasteiger partial charge in [-0.1, -0.05) is 25.1 Å². The van der Waals surface area contributed by atoms with E-state index in [1.807, 2.05) is 49.4 Å². The number of carbonyl (C=O) groups excluding carboxylic acids is 2. The number of piperidine rings is 1. The lowest BCUT2D eigenvalue weighted by molar-refractivity contribution is -0.139. The van der Waals surface area contributed by atoms with E-state index in [1.54, 1.807) is 39.3 Å². The van der Waals surface area contributed by atoms with Gasteiger partial charge in [-0.25, -0.2) is 9.78 Å². The summed E-state index contributed by atoms with van der Waals surface area (Å²) in [6.07, 6.45) is 4.66. The van der Waals surface area contributed by atoms with Gasteiger partial charge in [0.15, 0.2) is 0 Å². The normalized spacial score (nSPS) is 14.2. The Hall–Kier alpha value is -4.40. The van der Waals surface area contributed by atoms with E-state index in [1.165, 1.54) is 4.90 Å². The van der Waals surface area contributed by atoms with Gasteiger partial charge in [-0.15, -0.1) is 0 Å². The summed E-state index contributed by atoms with van der Waals surface area (Å²) in [6, 6.07) is 16.1. The lowest BCUT2D eigenvalue weighted by Gasteiger charge is -2.34. The second-order valence-corrected chi connectivity index (χ2v) is 11.1. The number of carboxylic acid groups (broad SMARTS) is 1. The number of aromatic nitrogens is 1. The van der Waals surface area contributed by atoms with Crippen molar-refractivity contribution in [1.82, 2.24) is 15.2 Å². The van der Waals surface area contributed by atoms with Gasteiger partial charge in [0.25, 0.3) is 11.8 Å². The van der Waals surface area contributed by atoms with Crippen molar-refractivity contribution in [3.05, 3.63) is 88.6 Å². The van der Waals surface area contributed by atoms with Crippen molar-refractivity contribution >= 4 is 29.3 Å². The monoisotopic (exact) mass is 571 g/mol. The molecule has 0 spiro atoms. The molecule has 1 saturated heterocycles. The zero-order valence-electron chi connectivity index (χ0n) is 24.9. The first-order valence-electron chi connectivity index (χ1n) is 14.5. The molecule has 1 fully saturated rings. The lowest BCUT2D eigenvalue weighted by Crippen LogP contribution is -2.43. The van der Waals surface area contributed by atoms with Crippen LogP contribution in [-0.2, 0) is 17.6 Å². The molecule has 1 aromatic heterocycles. The van der Waals surface area contributed by atoms with E-state index in [0.717, 1.165) is 49.5 Å². The number of aryl methyl sites for hydroxylation is 2. The van der Waals surface area contributed by atoms with Gasteiger partial charge in [0, 0.05) is 63.2 Å². The van der Waals surface area contributed by atoms with Crippen LogP contribution in [-0.4, -0.2) is 72.5 Å². The van der Waals surface area contributed by atoms with E-state index in [4.69, 9.17) is 0 Å².